The number of para-hydroxylation sites is 1. The zero-order valence-corrected chi connectivity index (χ0v) is 13.8. The second-order valence-corrected chi connectivity index (χ2v) is 6.41. The summed E-state index contributed by atoms with van der Waals surface area (Å²) in [5.74, 6) is 0.552. The van der Waals surface area contributed by atoms with E-state index in [9.17, 15) is 9.18 Å². The van der Waals surface area contributed by atoms with Gasteiger partial charge in [-0.25, -0.2) is 4.39 Å². The van der Waals surface area contributed by atoms with E-state index in [4.69, 9.17) is 4.74 Å². The Balaban J connectivity index is 1.65. The molecule has 0 aromatic heterocycles. The molecule has 0 bridgehead atoms. The maximum absolute atomic E-state index is 12.9. The quantitative estimate of drug-likeness (QED) is 0.880. The van der Waals surface area contributed by atoms with Gasteiger partial charge in [0.05, 0.1) is 13.5 Å². The van der Waals surface area contributed by atoms with Gasteiger partial charge in [0, 0.05) is 17.5 Å². The smallest absolute Gasteiger partial charge is 0.224 e. The number of hydrogen-bond donors (Lipinski definition) is 1. The lowest BCUT2D eigenvalue weighted by atomic mass is 9.64. The van der Waals surface area contributed by atoms with Crippen LogP contribution in [0.2, 0.25) is 0 Å². The molecule has 3 rings (SSSR count). The number of carbonyl (C=O) groups is 1. The number of amides is 1. The normalized spacial score (nSPS) is 15.4. The largest absolute Gasteiger partial charge is 0.496 e. The molecule has 4 heteroatoms. The Bertz CT molecular complexity index is 708. The molecule has 0 unspecified atom stereocenters. The highest BCUT2D eigenvalue weighted by Gasteiger charge is 2.40. The fourth-order valence-electron chi connectivity index (χ4n) is 3.35. The third-order valence-electron chi connectivity index (χ3n) is 4.89. The average molecular weight is 327 g/mol. The molecular weight excluding hydrogens is 305 g/mol. The van der Waals surface area contributed by atoms with Gasteiger partial charge in [-0.05, 0) is 36.6 Å². The molecule has 0 aliphatic heterocycles. The molecule has 2 aromatic rings. The Labute approximate surface area is 141 Å². The summed E-state index contributed by atoms with van der Waals surface area (Å²) >= 11 is 0. The number of nitrogens with one attached hydrogen (secondary N) is 1. The minimum Gasteiger partial charge on any atom is -0.496 e. The first-order chi connectivity index (χ1) is 11.6. The Morgan fingerprint density at radius 3 is 2.50 bits per heavy atom. The van der Waals surface area contributed by atoms with E-state index < -0.39 is 0 Å². The van der Waals surface area contributed by atoms with Crippen molar-refractivity contribution in [2.45, 2.75) is 31.1 Å². The molecule has 1 N–H and O–H groups in total. The SMILES string of the molecule is COc1ccccc1C1(CNC(=O)Cc2ccc(F)cc2)CCC1. The molecule has 0 atom stereocenters. The highest BCUT2D eigenvalue weighted by atomic mass is 19.1. The molecule has 0 spiro atoms. The Kier molecular flexibility index (Phi) is 4.84. The summed E-state index contributed by atoms with van der Waals surface area (Å²) in [7, 11) is 1.68. The predicted octanol–water partition coefficient (Wildman–Crippen LogP) is 3.61. The zero-order valence-electron chi connectivity index (χ0n) is 13.8. The number of rotatable bonds is 6. The molecule has 24 heavy (non-hydrogen) atoms. The predicted molar refractivity (Wildman–Crippen MR) is 91.6 cm³/mol. The number of benzene rings is 2. The minimum atomic E-state index is -0.288. The van der Waals surface area contributed by atoms with Crippen molar-refractivity contribution in [2.75, 3.05) is 13.7 Å². The van der Waals surface area contributed by atoms with E-state index in [1.807, 2.05) is 18.2 Å². The number of hydrogen-bond acceptors (Lipinski definition) is 2. The Morgan fingerprint density at radius 1 is 1.17 bits per heavy atom. The van der Waals surface area contributed by atoms with Crippen LogP contribution >= 0.6 is 0 Å². The van der Waals surface area contributed by atoms with Gasteiger partial charge in [-0.2, -0.15) is 0 Å². The lowest BCUT2D eigenvalue weighted by molar-refractivity contribution is -0.120. The molecule has 0 radical (unpaired) electrons. The summed E-state index contributed by atoms with van der Waals surface area (Å²) in [5.41, 5.74) is 1.94. The first-order valence-corrected chi connectivity index (χ1v) is 8.28. The number of halogens is 1. The van der Waals surface area contributed by atoms with Gasteiger partial charge in [-0.15, -0.1) is 0 Å². The topological polar surface area (TPSA) is 38.3 Å². The third kappa shape index (κ3) is 3.42. The molecule has 3 nitrogen and oxygen atoms in total. The molecule has 126 valence electrons. The van der Waals surface area contributed by atoms with Crippen LogP contribution in [0.15, 0.2) is 48.5 Å². The molecular formula is C20H22FNO2. The van der Waals surface area contributed by atoms with E-state index in [1.54, 1.807) is 19.2 Å². The van der Waals surface area contributed by atoms with E-state index in [-0.39, 0.29) is 23.6 Å². The lowest BCUT2D eigenvalue weighted by Crippen LogP contribution is -2.46. The van der Waals surface area contributed by atoms with Crippen LogP contribution < -0.4 is 10.1 Å². The van der Waals surface area contributed by atoms with Crippen LogP contribution in [0.5, 0.6) is 5.75 Å². The molecule has 1 saturated carbocycles. The Hall–Kier alpha value is -2.36. The van der Waals surface area contributed by atoms with Gasteiger partial charge < -0.3 is 10.1 Å². The number of carbonyl (C=O) groups excluding carboxylic acids is 1. The van der Waals surface area contributed by atoms with E-state index >= 15 is 0 Å². The first kappa shape index (κ1) is 16.5. The molecule has 1 amide bonds. The van der Waals surface area contributed by atoms with Crippen molar-refractivity contribution in [3.63, 3.8) is 0 Å². The number of methoxy groups -OCH3 is 1. The third-order valence-corrected chi connectivity index (χ3v) is 4.89. The van der Waals surface area contributed by atoms with Crippen LogP contribution in [0, 0.1) is 5.82 Å². The summed E-state index contributed by atoms with van der Waals surface area (Å²) in [5, 5.41) is 3.05. The van der Waals surface area contributed by atoms with Crippen molar-refractivity contribution in [1.82, 2.24) is 5.32 Å². The van der Waals surface area contributed by atoms with Gasteiger partial charge in [0.15, 0.2) is 0 Å². The fraction of sp³-hybridized carbons (Fsp3) is 0.350. The van der Waals surface area contributed by atoms with Gasteiger partial charge in [0.25, 0.3) is 0 Å². The van der Waals surface area contributed by atoms with Crippen LogP contribution in [-0.4, -0.2) is 19.6 Å². The molecule has 2 aromatic carbocycles. The van der Waals surface area contributed by atoms with Gasteiger partial charge >= 0.3 is 0 Å². The highest BCUT2D eigenvalue weighted by molar-refractivity contribution is 5.78. The molecule has 0 heterocycles. The number of ether oxygens (including phenoxy) is 1. The summed E-state index contributed by atoms with van der Waals surface area (Å²) < 4.78 is 18.4. The van der Waals surface area contributed by atoms with Gasteiger partial charge in [0.2, 0.25) is 5.91 Å². The second-order valence-electron chi connectivity index (χ2n) is 6.41. The molecule has 0 saturated heterocycles. The molecule has 1 fully saturated rings. The molecule has 1 aliphatic carbocycles. The highest BCUT2D eigenvalue weighted by Crippen LogP contribution is 2.46. The first-order valence-electron chi connectivity index (χ1n) is 8.28. The maximum atomic E-state index is 12.9. The monoisotopic (exact) mass is 327 g/mol. The van der Waals surface area contributed by atoms with Crippen LogP contribution in [0.4, 0.5) is 4.39 Å². The van der Waals surface area contributed by atoms with Gasteiger partial charge in [0.1, 0.15) is 11.6 Å². The van der Waals surface area contributed by atoms with Crippen molar-refractivity contribution in [3.8, 4) is 5.75 Å². The second kappa shape index (κ2) is 7.04. The maximum Gasteiger partial charge on any atom is 0.224 e. The molecule has 1 aliphatic rings. The summed E-state index contributed by atoms with van der Waals surface area (Å²) in [6.45, 7) is 0.605. The minimum absolute atomic E-state index is 0.0366. The van der Waals surface area contributed by atoms with Crippen molar-refractivity contribution >= 4 is 5.91 Å². The van der Waals surface area contributed by atoms with Crippen molar-refractivity contribution in [2.24, 2.45) is 0 Å². The summed E-state index contributed by atoms with van der Waals surface area (Å²) in [6, 6.07) is 14.1. The van der Waals surface area contributed by atoms with Crippen molar-refractivity contribution in [1.29, 1.82) is 0 Å². The van der Waals surface area contributed by atoms with Crippen LogP contribution in [0.25, 0.3) is 0 Å². The van der Waals surface area contributed by atoms with Crippen LogP contribution in [0.3, 0.4) is 0 Å². The van der Waals surface area contributed by atoms with E-state index in [2.05, 4.69) is 11.4 Å². The average Bonchev–Trinajstić information content (AvgIpc) is 2.56. The van der Waals surface area contributed by atoms with Gasteiger partial charge in [-0.3, -0.25) is 4.79 Å². The standard InChI is InChI=1S/C20H22FNO2/c1-24-18-6-3-2-5-17(18)20(11-4-12-20)14-22-19(23)13-15-7-9-16(21)10-8-15/h2-3,5-10H,4,11-14H2,1H3,(H,22,23). The van der Waals surface area contributed by atoms with E-state index in [1.165, 1.54) is 17.7 Å². The summed E-state index contributed by atoms with van der Waals surface area (Å²) in [6.07, 6.45) is 3.52. The van der Waals surface area contributed by atoms with Crippen LogP contribution in [0.1, 0.15) is 30.4 Å². The zero-order chi connectivity index (χ0) is 17.0. The Morgan fingerprint density at radius 2 is 1.88 bits per heavy atom. The van der Waals surface area contributed by atoms with Gasteiger partial charge in [-0.1, -0.05) is 36.8 Å². The van der Waals surface area contributed by atoms with Crippen molar-refractivity contribution < 1.29 is 13.9 Å². The van der Waals surface area contributed by atoms with E-state index in [0.29, 0.717) is 6.54 Å². The summed E-state index contributed by atoms with van der Waals surface area (Å²) in [4.78, 5) is 12.2. The van der Waals surface area contributed by atoms with Crippen LogP contribution in [-0.2, 0) is 16.6 Å². The fourth-order valence-corrected chi connectivity index (χ4v) is 3.35. The lowest BCUT2D eigenvalue weighted by Gasteiger charge is -2.43. The van der Waals surface area contributed by atoms with Crippen molar-refractivity contribution in [3.05, 3.63) is 65.5 Å². The van der Waals surface area contributed by atoms with E-state index in [0.717, 1.165) is 30.6 Å².